The molecule has 0 radical (unpaired) electrons. The van der Waals surface area contributed by atoms with Gasteiger partial charge in [-0.15, -0.1) is 0 Å². The first-order valence-corrected chi connectivity index (χ1v) is 10.1. The third kappa shape index (κ3) is 2.86. The number of aromatic carboxylic acids is 1. The fraction of sp³-hybridized carbons (Fsp3) is 0.364. The number of hydrogen-bond acceptors (Lipinski definition) is 4. The second-order valence-corrected chi connectivity index (χ2v) is 8.42. The molecular weight excluding hydrogens is 387 g/mol. The number of aromatic nitrogens is 4. The van der Waals surface area contributed by atoms with Gasteiger partial charge in [0.25, 0.3) is 0 Å². The van der Waals surface area contributed by atoms with E-state index in [2.05, 4.69) is 18.8 Å². The molecule has 0 saturated heterocycles. The predicted molar refractivity (Wildman–Crippen MR) is 108 cm³/mol. The summed E-state index contributed by atoms with van der Waals surface area (Å²) in [5.41, 5.74) is 2.80. The summed E-state index contributed by atoms with van der Waals surface area (Å²) >= 11 is 0. The van der Waals surface area contributed by atoms with Crippen LogP contribution in [0.1, 0.15) is 54.7 Å². The van der Waals surface area contributed by atoms with Crippen LogP contribution in [0.15, 0.2) is 35.5 Å². The van der Waals surface area contributed by atoms with Gasteiger partial charge in [-0.25, -0.2) is 9.18 Å². The number of fused-ring (bicyclic) bond motifs is 3. The van der Waals surface area contributed by atoms with Crippen molar-refractivity contribution in [2.24, 2.45) is 5.92 Å². The quantitative estimate of drug-likeness (QED) is 0.711. The maximum Gasteiger partial charge on any atom is 0.341 e. The highest BCUT2D eigenvalue weighted by Gasteiger charge is 2.37. The van der Waals surface area contributed by atoms with E-state index < -0.39 is 17.2 Å². The Morgan fingerprint density at radius 1 is 1.27 bits per heavy atom. The van der Waals surface area contributed by atoms with E-state index in [4.69, 9.17) is 5.10 Å². The number of carboxylic acids is 1. The summed E-state index contributed by atoms with van der Waals surface area (Å²) in [5.74, 6) is -1.19. The standard InChI is InChI=1S/C22H21FN4O3/c1-11(2)17-10-27-21(16-6-18(28)15(22(29)30)9-26(16)17)19(20(25-27)12-3-4-12)13-5-14(23)8-24-7-13/h5-9,11-12,17H,3-4,10H2,1-2H3,(H,29,30)/t17-/m0/s1. The smallest absolute Gasteiger partial charge is 0.341 e. The molecule has 7 nitrogen and oxygen atoms in total. The highest BCUT2D eigenvalue weighted by Crippen LogP contribution is 2.48. The highest BCUT2D eigenvalue weighted by atomic mass is 19.1. The van der Waals surface area contributed by atoms with Crippen molar-refractivity contribution in [1.29, 1.82) is 0 Å². The van der Waals surface area contributed by atoms with E-state index in [1.54, 1.807) is 6.20 Å². The monoisotopic (exact) mass is 408 g/mol. The molecule has 0 unspecified atom stereocenters. The van der Waals surface area contributed by atoms with Crippen LogP contribution in [0.2, 0.25) is 0 Å². The van der Waals surface area contributed by atoms with Crippen molar-refractivity contribution in [3.8, 4) is 22.5 Å². The fourth-order valence-corrected chi connectivity index (χ4v) is 4.32. The number of carbonyl (C=O) groups is 1. The van der Waals surface area contributed by atoms with E-state index in [1.807, 2.05) is 9.25 Å². The van der Waals surface area contributed by atoms with Crippen molar-refractivity contribution in [2.75, 3.05) is 0 Å². The summed E-state index contributed by atoms with van der Waals surface area (Å²) in [6.07, 6.45) is 6.23. The van der Waals surface area contributed by atoms with E-state index in [0.29, 0.717) is 23.7 Å². The number of rotatable bonds is 4. The van der Waals surface area contributed by atoms with Gasteiger partial charge >= 0.3 is 5.97 Å². The maximum atomic E-state index is 14.0. The van der Waals surface area contributed by atoms with Crippen LogP contribution >= 0.6 is 0 Å². The molecule has 5 rings (SSSR count). The minimum Gasteiger partial charge on any atom is -0.477 e. The zero-order valence-electron chi connectivity index (χ0n) is 16.7. The van der Waals surface area contributed by atoms with E-state index in [1.165, 1.54) is 18.3 Å². The van der Waals surface area contributed by atoms with Gasteiger partial charge in [-0.3, -0.25) is 14.5 Å². The van der Waals surface area contributed by atoms with Gasteiger partial charge in [0.2, 0.25) is 0 Å². The van der Waals surface area contributed by atoms with Crippen molar-refractivity contribution in [3.63, 3.8) is 0 Å². The van der Waals surface area contributed by atoms with Crippen LogP contribution in [0.4, 0.5) is 4.39 Å². The summed E-state index contributed by atoms with van der Waals surface area (Å²) in [6.45, 7) is 4.66. The lowest BCUT2D eigenvalue weighted by molar-refractivity contribution is 0.0694. The normalized spacial score (nSPS) is 17.7. The zero-order chi connectivity index (χ0) is 21.2. The molecule has 2 aliphatic rings. The van der Waals surface area contributed by atoms with Crippen LogP contribution in [-0.2, 0) is 6.54 Å². The first-order chi connectivity index (χ1) is 14.3. The van der Waals surface area contributed by atoms with E-state index in [9.17, 15) is 19.1 Å². The molecule has 3 aromatic heterocycles. The third-order valence-electron chi connectivity index (χ3n) is 5.98. The van der Waals surface area contributed by atoms with Crippen molar-refractivity contribution in [3.05, 3.63) is 58.0 Å². The Bertz CT molecular complexity index is 1240. The Morgan fingerprint density at radius 2 is 2.03 bits per heavy atom. The molecule has 154 valence electrons. The van der Waals surface area contributed by atoms with Crippen LogP contribution in [0.25, 0.3) is 22.5 Å². The highest BCUT2D eigenvalue weighted by molar-refractivity contribution is 5.88. The average Bonchev–Trinajstić information content (AvgIpc) is 3.46. The van der Waals surface area contributed by atoms with E-state index in [-0.39, 0.29) is 17.5 Å². The molecule has 1 aliphatic heterocycles. The molecule has 3 aromatic rings. The molecule has 1 atom stereocenters. The Kier molecular flexibility index (Phi) is 4.13. The molecule has 0 aromatic carbocycles. The number of carboxylic acid groups (broad SMARTS) is 1. The van der Waals surface area contributed by atoms with Gasteiger partial charge in [0.15, 0.2) is 5.43 Å². The van der Waals surface area contributed by atoms with Crippen LogP contribution in [0, 0.1) is 11.7 Å². The Hall–Kier alpha value is -3.29. The minimum absolute atomic E-state index is 0.0587. The summed E-state index contributed by atoms with van der Waals surface area (Å²) in [4.78, 5) is 28.2. The summed E-state index contributed by atoms with van der Waals surface area (Å²) in [5, 5.41) is 14.3. The van der Waals surface area contributed by atoms with Crippen molar-refractivity contribution in [1.82, 2.24) is 19.3 Å². The number of halogens is 1. The SMILES string of the molecule is CC(C)[C@@H]1Cn2nc(C3CC3)c(-c3cncc(F)c3)c2-c2cc(=O)c(C(=O)O)cn21. The molecule has 0 spiro atoms. The second-order valence-electron chi connectivity index (χ2n) is 8.42. The topological polar surface area (TPSA) is 90.0 Å². The molecular formula is C22H21FN4O3. The van der Waals surface area contributed by atoms with Crippen LogP contribution < -0.4 is 5.43 Å². The molecule has 1 aliphatic carbocycles. The first-order valence-electron chi connectivity index (χ1n) is 10.1. The lowest BCUT2D eigenvalue weighted by atomic mass is 9.95. The van der Waals surface area contributed by atoms with Crippen molar-refractivity contribution >= 4 is 5.97 Å². The summed E-state index contributed by atoms with van der Waals surface area (Å²) in [6, 6.07) is 2.74. The largest absolute Gasteiger partial charge is 0.477 e. The van der Waals surface area contributed by atoms with E-state index >= 15 is 0 Å². The van der Waals surface area contributed by atoms with Gasteiger partial charge in [-0.2, -0.15) is 5.10 Å². The predicted octanol–water partition coefficient (Wildman–Crippen LogP) is 3.70. The van der Waals surface area contributed by atoms with Crippen LogP contribution in [0.5, 0.6) is 0 Å². The molecule has 0 amide bonds. The Labute approximate surface area is 171 Å². The Balaban J connectivity index is 1.83. The van der Waals surface area contributed by atoms with Gasteiger partial charge < -0.3 is 9.67 Å². The van der Waals surface area contributed by atoms with Crippen molar-refractivity contribution < 1.29 is 14.3 Å². The zero-order valence-corrected chi connectivity index (χ0v) is 16.7. The van der Waals surface area contributed by atoms with E-state index in [0.717, 1.165) is 36.0 Å². The number of pyridine rings is 2. The van der Waals surface area contributed by atoms with Crippen LogP contribution in [-0.4, -0.2) is 30.4 Å². The fourth-order valence-electron chi connectivity index (χ4n) is 4.32. The van der Waals surface area contributed by atoms with Gasteiger partial charge in [0.05, 0.1) is 35.9 Å². The molecule has 1 N–H and O–H groups in total. The molecule has 30 heavy (non-hydrogen) atoms. The molecule has 1 fully saturated rings. The maximum absolute atomic E-state index is 14.0. The Morgan fingerprint density at radius 3 is 2.67 bits per heavy atom. The van der Waals surface area contributed by atoms with Gasteiger partial charge in [0.1, 0.15) is 11.4 Å². The lowest BCUT2D eigenvalue weighted by Crippen LogP contribution is -2.31. The van der Waals surface area contributed by atoms with Crippen molar-refractivity contribution in [2.45, 2.75) is 45.2 Å². The molecule has 8 heteroatoms. The average molecular weight is 408 g/mol. The van der Waals surface area contributed by atoms with Gasteiger partial charge in [-0.05, 0) is 24.8 Å². The molecule has 0 bridgehead atoms. The molecule has 1 saturated carbocycles. The van der Waals surface area contributed by atoms with Gasteiger partial charge in [-0.1, -0.05) is 13.8 Å². The summed E-state index contributed by atoms with van der Waals surface area (Å²) < 4.78 is 17.8. The minimum atomic E-state index is -1.25. The lowest BCUT2D eigenvalue weighted by Gasteiger charge is -2.32. The second kappa shape index (κ2) is 6.62. The van der Waals surface area contributed by atoms with Crippen LogP contribution in [0.3, 0.4) is 0 Å². The third-order valence-corrected chi connectivity index (χ3v) is 5.98. The number of hydrogen-bond donors (Lipinski definition) is 1. The first kappa shape index (κ1) is 18.7. The van der Waals surface area contributed by atoms with Gasteiger partial charge in [0, 0.05) is 35.5 Å². The number of nitrogens with zero attached hydrogens (tertiary/aromatic N) is 4. The molecule has 4 heterocycles. The summed E-state index contributed by atoms with van der Waals surface area (Å²) in [7, 11) is 0.